The zero-order valence-corrected chi connectivity index (χ0v) is 19.2. The Balaban J connectivity index is 1.72. The zero-order chi connectivity index (χ0) is 23.4. The molecule has 0 radical (unpaired) electrons. The van der Waals surface area contributed by atoms with E-state index in [2.05, 4.69) is 16.0 Å². The van der Waals surface area contributed by atoms with Crippen molar-refractivity contribution >= 4 is 51.7 Å². The van der Waals surface area contributed by atoms with Crippen molar-refractivity contribution in [3.63, 3.8) is 0 Å². The lowest BCUT2D eigenvalue weighted by Gasteiger charge is -2.22. The fourth-order valence-electron chi connectivity index (χ4n) is 3.84. The number of amides is 2. The van der Waals surface area contributed by atoms with E-state index in [1.54, 1.807) is 24.0 Å². The summed E-state index contributed by atoms with van der Waals surface area (Å²) >= 11 is 6.12. The lowest BCUT2D eigenvalue weighted by atomic mass is 10.00. The topological polar surface area (TPSA) is 73.5 Å². The Bertz CT molecular complexity index is 1210. The number of benzene rings is 3. The maximum absolute atomic E-state index is 13.0. The number of rotatable bonds is 7. The van der Waals surface area contributed by atoms with E-state index in [0.29, 0.717) is 35.1 Å². The molecule has 3 aromatic carbocycles. The van der Waals surface area contributed by atoms with E-state index >= 15 is 0 Å². The van der Waals surface area contributed by atoms with Crippen molar-refractivity contribution in [1.82, 2.24) is 5.32 Å². The first-order valence-corrected chi connectivity index (χ1v) is 11.1. The predicted molar refractivity (Wildman–Crippen MR) is 135 cm³/mol. The van der Waals surface area contributed by atoms with Gasteiger partial charge >= 0.3 is 0 Å². The van der Waals surface area contributed by atoms with Crippen molar-refractivity contribution in [1.29, 1.82) is 0 Å². The molecule has 0 aromatic heterocycles. The summed E-state index contributed by atoms with van der Waals surface area (Å²) < 4.78 is 0. The number of carbonyl (C=O) groups excluding carboxylic acids is 2. The van der Waals surface area contributed by atoms with Gasteiger partial charge in [-0.3, -0.25) is 9.59 Å². The van der Waals surface area contributed by atoms with Crippen LogP contribution in [0.1, 0.15) is 18.1 Å². The Labute approximate surface area is 198 Å². The summed E-state index contributed by atoms with van der Waals surface area (Å²) in [4.78, 5) is 26.8. The number of nitrogens with zero attached hydrogens (tertiary/aromatic N) is 1. The fraction of sp³-hybridized carbons (Fsp3) is 0.154. The lowest BCUT2D eigenvalue weighted by molar-refractivity contribution is -0.116. The third-order valence-electron chi connectivity index (χ3n) is 5.45. The normalized spacial score (nSPS) is 13.8. The number of nitrogens with one attached hydrogen (secondary N) is 3. The molecule has 3 aromatic rings. The number of hydrogen-bond donors (Lipinski definition) is 3. The largest absolute Gasteiger partial charge is 0.354 e. The van der Waals surface area contributed by atoms with Crippen LogP contribution in [0.3, 0.4) is 0 Å². The van der Waals surface area contributed by atoms with Gasteiger partial charge in [0.15, 0.2) is 0 Å². The van der Waals surface area contributed by atoms with Gasteiger partial charge in [-0.15, -0.1) is 0 Å². The molecule has 0 unspecified atom stereocenters. The second-order valence-electron chi connectivity index (χ2n) is 7.71. The fourth-order valence-corrected chi connectivity index (χ4v) is 4.01. The van der Waals surface area contributed by atoms with Crippen LogP contribution in [0, 0.1) is 0 Å². The van der Waals surface area contributed by atoms with Crippen molar-refractivity contribution in [2.24, 2.45) is 0 Å². The van der Waals surface area contributed by atoms with Crippen LogP contribution in [-0.2, 0) is 9.59 Å². The molecule has 0 aliphatic carbocycles. The maximum atomic E-state index is 13.0. The van der Waals surface area contributed by atoms with Gasteiger partial charge in [0.1, 0.15) is 0 Å². The maximum Gasteiger partial charge on any atom is 0.258 e. The second kappa shape index (κ2) is 9.90. The first-order valence-electron chi connectivity index (χ1n) is 10.7. The number of halogens is 1. The van der Waals surface area contributed by atoms with Gasteiger partial charge in [0.2, 0.25) is 5.91 Å². The minimum Gasteiger partial charge on any atom is -0.354 e. The van der Waals surface area contributed by atoms with Gasteiger partial charge in [-0.05, 0) is 49.0 Å². The summed E-state index contributed by atoms with van der Waals surface area (Å²) in [7, 11) is 1.86. The van der Waals surface area contributed by atoms with E-state index in [-0.39, 0.29) is 11.8 Å². The molecule has 6 nitrogen and oxygen atoms in total. The van der Waals surface area contributed by atoms with E-state index < -0.39 is 0 Å². The monoisotopic (exact) mass is 460 g/mol. The van der Waals surface area contributed by atoms with Crippen molar-refractivity contribution in [2.45, 2.75) is 6.92 Å². The predicted octanol–water partition coefficient (Wildman–Crippen LogP) is 4.84. The summed E-state index contributed by atoms with van der Waals surface area (Å²) in [5, 5.41) is 9.97. The summed E-state index contributed by atoms with van der Waals surface area (Å²) in [6.07, 6.45) is 0. The molecular weight excluding hydrogens is 436 g/mol. The number of fused-ring (bicyclic) bond motifs is 1. The third kappa shape index (κ3) is 4.92. The highest BCUT2D eigenvalue weighted by Crippen LogP contribution is 2.38. The molecule has 0 spiro atoms. The Morgan fingerprint density at radius 2 is 1.76 bits per heavy atom. The van der Waals surface area contributed by atoms with Crippen LogP contribution >= 0.6 is 11.6 Å². The molecule has 4 rings (SSSR count). The molecule has 2 amide bonds. The first-order chi connectivity index (χ1) is 16.0. The third-order valence-corrected chi connectivity index (χ3v) is 5.69. The molecular formula is C26H25ClN4O2. The van der Waals surface area contributed by atoms with Crippen LogP contribution in [-0.4, -0.2) is 32.0 Å². The van der Waals surface area contributed by atoms with Crippen molar-refractivity contribution in [3.8, 4) is 0 Å². The number of likely N-dealkylation sites (N-methyl/N-ethyl adjacent to an activating group) is 1. The van der Waals surface area contributed by atoms with Crippen molar-refractivity contribution in [2.75, 3.05) is 35.7 Å². The van der Waals surface area contributed by atoms with Crippen LogP contribution in [0.2, 0.25) is 5.02 Å². The minimum absolute atomic E-state index is 0.0176. The van der Waals surface area contributed by atoms with Gasteiger partial charge < -0.3 is 20.9 Å². The Kier molecular flexibility index (Phi) is 6.77. The second-order valence-corrected chi connectivity index (χ2v) is 8.14. The molecule has 33 heavy (non-hydrogen) atoms. The summed E-state index contributed by atoms with van der Waals surface area (Å²) in [5.74, 6) is -0.207. The van der Waals surface area contributed by atoms with Crippen LogP contribution in [0.4, 0.5) is 17.1 Å². The summed E-state index contributed by atoms with van der Waals surface area (Å²) in [6, 6.07) is 22.7. The van der Waals surface area contributed by atoms with Crippen LogP contribution < -0.4 is 20.9 Å². The quantitative estimate of drug-likeness (QED) is 0.441. The van der Waals surface area contributed by atoms with Crippen LogP contribution in [0.15, 0.2) is 72.8 Å². The van der Waals surface area contributed by atoms with E-state index in [0.717, 1.165) is 22.5 Å². The minimum atomic E-state index is -0.190. The lowest BCUT2D eigenvalue weighted by Crippen LogP contribution is -2.34. The molecule has 3 N–H and O–H groups in total. The van der Waals surface area contributed by atoms with Gasteiger partial charge in [-0.1, -0.05) is 48.0 Å². The highest BCUT2D eigenvalue weighted by Gasteiger charge is 2.28. The molecule has 0 saturated carbocycles. The molecule has 0 bridgehead atoms. The molecule has 1 aliphatic rings. The molecule has 0 fully saturated rings. The van der Waals surface area contributed by atoms with E-state index in [1.807, 2.05) is 67.7 Å². The highest BCUT2D eigenvalue weighted by molar-refractivity contribution is 6.38. The van der Waals surface area contributed by atoms with E-state index in [1.165, 1.54) is 0 Å². The van der Waals surface area contributed by atoms with Crippen LogP contribution in [0.5, 0.6) is 0 Å². The smallest absolute Gasteiger partial charge is 0.258 e. The van der Waals surface area contributed by atoms with Crippen molar-refractivity contribution < 1.29 is 9.59 Å². The van der Waals surface area contributed by atoms with Gasteiger partial charge in [-0.2, -0.15) is 0 Å². The summed E-state index contributed by atoms with van der Waals surface area (Å²) in [6.45, 7) is 2.84. The Hall–Kier alpha value is -3.61. The number of anilines is 3. The summed E-state index contributed by atoms with van der Waals surface area (Å²) in [5.41, 5.74) is 5.23. The number of carbonyl (C=O) groups is 2. The number of hydrogen-bond acceptors (Lipinski definition) is 4. The molecule has 1 heterocycles. The van der Waals surface area contributed by atoms with Gasteiger partial charge in [0, 0.05) is 42.0 Å². The molecule has 1 aliphatic heterocycles. The average Bonchev–Trinajstić information content (AvgIpc) is 3.13. The van der Waals surface area contributed by atoms with Gasteiger partial charge in [0.05, 0.1) is 17.0 Å². The van der Waals surface area contributed by atoms with Crippen LogP contribution in [0.25, 0.3) is 11.3 Å². The van der Waals surface area contributed by atoms with Gasteiger partial charge in [0.25, 0.3) is 5.91 Å². The van der Waals surface area contributed by atoms with Gasteiger partial charge in [-0.25, -0.2) is 0 Å². The Morgan fingerprint density at radius 3 is 2.42 bits per heavy atom. The first kappa shape index (κ1) is 22.6. The standard InChI is InChI=1S/C26H25ClN4O2/c1-17(32)31(15-14-28-2)21-11-9-20(10-12-21)29-25(18-6-4-3-5-7-18)24-22-13-8-19(27)16-23(22)30-26(24)33/h3-13,16,28-29H,14-15H2,1-2H3,(H,30,33). The van der Waals surface area contributed by atoms with E-state index in [4.69, 9.17) is 11.6 Å². The molecule has 0 atom stereocenters. The van der Waals surface area contributed by atoms with E-state index in [9.17, 15) is 9.59 Å². The SMILES string of the molecule is CNCCN(C(C)=O)c1ccc(NC(=C2C(=O)Nc3cc(Cl)ccc32)c2ccccc2)cc1. The average molecular weight is 461 g/mol. The molecule has 0 saturated heterocycles. The highest BCUT2D eigenvalue weighted by atomic mass is 35.5. The molecule has 168 valence electrons. The Morgan fingerprint density at radius 1 is 1.03 bits per heavy atom. The molecule has 7 heteroatoms. The van der Waals surface area contributed by atoms with Crippen molar-refractivity contribution in [3.05, 3.63) is 88.9 Å². The zero-order valence-electron chi connectivity index (χ0n) is 18.5.